The minimum Gasteiger partial charge on any atom is -0.477 e. The maximum absolute atomic E-state index is 10.9. The molecule has 0 spiro atoms. The maximum Gasteiger partial charge on any atom is 0.354 e. The van der Waals surface area contributed by atoms with Crippen molar-refractivity contribution in [1.82, 2.24) is 4.98 Å². The van der Waals surface area contributed by atoms with Gasteiger partial charge in [0.25, 0.3) is 0 Å². The zero-order chi connectivity index (χ0) is 13.8. The smallest absolute Gasteiger partial charge is 0.354 e. The predicted molar refractivity (Wildman–Crippen MR) is 72.2 cm³/mol. The number of hydrogen-bond acceptors (Lipinski definition) is 5. The second-order valence-electron chi connectivity index (χ2n) is 4.69. The Morgan fingerprint density at radius 1 is 1.63 bits per heavy atom. The summed E-state index contributed by atoms with van der Waals surface area (Å²) < 4.78 is 5.61. The second-order valence-corrected chi connectivity index (χ2v) is 4.69. The zero-order valence-electron chi connectivity index (χ0n) is 10.9. The van der Waals surface area contributed by atoms with E-state index in [0.29, 0.717) is 24.0 Å². The molecule has 2 atom stereocenters. The number of nitrogens with one attached hydrogen (secondary N) is 1. The van der Waals surface area contributed by atoms with Crippen molar-refractivity contribution in [2.24, 2.45) is 5.92 Å². The number of nitrogen functional groups attached to an aromatic ring is 1. The molecule has 0 aromatic carbocycles. The van der Waals surface area contributed by atoms with Crippen LogP contribution in [0.4, 0.5) is 11.5 Å². The van der Waals surface area contributed by atoms with Crippen LogP contribution in [0.1, 0.15) is 30.3 Å². The van der Waals surface area contributed by atoms with E-state index in [-0.39, 0.29) is 11.8 Å². The number of ether oxygens (including phenoxy) is 1. The average molecular weight is 265 g/mol. The van der Waals surface area contributed by atoms with Gasteiger partial charge in [-0.1, -0.05) is 6.92 Å². The summed E-state index contributed by atoms with van der Waals surface area (Å²) in [5.41, 5.74) is 6.24. The molecule has 1 saturated heterocycles. The van der Waals surface area contributed by atoms with E-state index in [1.54, 1.807) is 6.07 Å². The number of nitrogens with two attached hydrogens (primary N) is 1. The number of anilines is 2. The molecule has 1 aliphatic heterocycles. The van der Waals surface area contributed by atoms with Crippen molar-refractivity contribution in [2.45, 2.75) is 25.9 Å². The minimum atomic E-state index is -1.06. The molecule has 0 bridgehead atoms. The van der Waals surface area contributed by atoms with Crippen LogP contribution < -0.4 is 11.1 Å². The molecule has 19 heavy (non-hydrogen) atoms. The van der Waals surface area contributed by atoms with E-state index in [2.05, 4.69) is 17.2 Å². The van der Waals surface area contributed by atoms with Gasteiger partial charge < -0.3 is 20.9 Å². The molecule has 1 aromatic rings. The van der Waals surface area contributed by atoms with Gasteiger partial charge in [0.1, 0.15) is 5.82 Å². The molecule has 104 valence electrons. The fourth-order valence-corrected chi connectivity index (χ4v) is 2.34. The van der Waals surface area contributed by atoms with E-state index in [4.69, 9.17) is 15.6 Å². The molecule has 0 aliphatic carbocycles. The van der Waals surface area contributed by atoms with E-state index >= 15 is 0 Å². The van der Waals surface area contributed by atoms with Crippen molar-refractivity contribution >= 4 is 17.5 Å². The topological polar surface area (TPSA) is 97.5 Å². The fourth-order valence-electron chi connectivity index (χ4n) is 2.34. The predicted octanol–water partition coefficient (Wildman–Crippen LogP) is 1.59. The number of pyridine rings is 1. The normalized spacial score (nSPS) is 22.4. The van der Waals surface area contributed by atoms with Gasteiger partial charge in [-0.15, -0.1) is 0 Å². The highest BCUT2D eigenvalue weighted by Crippen LogP contribution is 2.24. The summed E-state index contributed by atoms with van der Waals surface area (Å²) in [5.74, 6) is -0.208. The molecule has 2 heterocycles. The van der Waals surface area contributed by atoms with Gasteiger partial charge in [0.2, 0.25) is 0 Å². The van der Waals surface area contributed by atoms with Crippen molar-refractivity contribution in [3.05, 3.63) is 17.8 Å². The molecule has 2 unspecified atom stereocenters. The quantitative estimate of drug-likeness (QED) is 0.748. The van der Waals surface area contributed by atoms with Crippen LogP contribution in [0, 0.1) is 5.92 Å². The third kappa shape index (κ3) is 3.14. The molecule has 0 radical (unpaired) electrons. The summed E-state index contributed by atoms with van der Waals surface area (Å²) in [6, 6.07) is 2.96. The van der Waals surface area contributed by atoms with E-state index in [9.17, 15) is 4.79 Å². The summed E-state index contributed by atoms with van der Waals surface area (Å²) in [6.45, 7) is 3.57. The lowest BCUT2D eigenvalue weighted by Crippen LogP contribution is -2.23. The Labute approximate surface area is 112 Å². The number of hydrogen-bond donors (Lipinski definition) is 3. The molecule has 4 N–H and O–H groups in total. The lowest BCUT2D eigenvalue weighted by molar-refractivity contribution is 0.0690. The molecule has 1 aromatic heterocycles. The number of nitrogens with zero attached hydrogens (tertiary/aromatic N) is 1. The van der Waals surface area contributed by atoms with Gasteiger partial charge in [-0.05, 0) is 25.0 Å². The van der Waals surface area contributed by atoms with Crippen molar-refractivity contribution < 1.29 is 14.6 Å². The number of carboxylic acid groups (broad SMARTS) is 1. The first-order chi connectivity index (χ1) is 9.11. The molecular weight excluding hydrogens is 246 g/mol. The summed E-state index contributed by atoms with van der Waals surface area (Å²) >= 11 is 0. The molecular formula is C13H19N3O3. The molecule has 0 amide bonds. The van der Waals surface area contributed by atoms with Crippen LogP contribution in [-0.2, 0) is 4.74 Å². The SMILES string of the molecule is CCC1OCCC1CNc1nc(C(=O)O)ccc1N. The van der Waals surface area contributed by atoms with Crippen LogP contribution in [0.3, 0.4) is 0 Å². The molecule has 2 rings (SSSR count). The minimum absolute atomic E-state index is 0.00795. The largest absolute Gasteiger partial charge is 0.477 e. The van der Waals surface area contributed by atoms with E-state index in [0.717, 1.165) is 19.4 Å². The van der Waals surface area contributed by atoms with Crippen molar-refractivity contribution in [3.63, 3.8) is 0 Å². The number of carbonyl (C=O) groups is 1. The van der Waals surface area contributed by atoms with Gasteiger partial charge in [0.05, 0.1) is 11.8 Å². The average Bonchev–Trinajstić information content (AvgIpc) is 2.85. The van der Waals surface area contributed by atoms with E-state index < -0.39 is 5.97 Å². The highest BCUT2D eigenvalue weighted by molar-refractivity contribution is 5.86. The standard InChI is InChI=1S/C13H19N3O3/c1-2-11-8(5-6-19-11)7-15-12-9(14)3-4-10(16-12)13(17)18/h3-4,8,11H,2,5-7,14H2,1H3,(H,15,16)(H,17,18). The van der Waals surface area contributed by atoms with Crippen molar-refractivity contribution in [3.8, 4) is 0 Å². The van der Waals surface area contributed by atoms with Crippen LogP contribution in [0.25, 0.3) is 0 Å². The highest BCUT2D eigenvalue weighted by Gasteiger charge is 2.26. The molecule has 6 nitrogen and oxygen atoms in total. The van der Waals surface area contributed by atoms with Crippen LogP contribution in [0.15, 0.2) is 12.1 Å². The Morgan fingerprint density at radius 2 is 2.42 bits per heavy atom. The highest BCUT2D eigenvalue weighted by atomic mass is 16.5. The Bertz CT molecular complexity index is 464. The molecule has 1 aliphatic rings. The second kappa shape index (κ2) is 5.88. The molecule has 6 heteroatoms. The Hall–Kier alpha value is -1.82. The van der Waals surface area contributed by atoms with Crippen LogP contribution in [0.2, 0.25) is 0 Å². The molecule has 0 saturated carbocycles. The summed E-state index contributed by atoms with van der Waals surface area (Å²) in [4.78, 5) is 14.9. The van der Waals surface area contributed by atoms with E-state index in [1.165, 1.54) is 6.07 Å². The number of rotatable bonds is 5. The summed E-state index contributed by atoms with van der Waals surface area (Å²) in [6.07, 6.45) is 2.24. The van der Waals surface area contributed by atoms with Gasteiger partial charge in [-0.3, -0.25) is 0 Å². The van der Waals surface area contributed by atoms with Gasteiger partial charge in [0.15, 0.2) is 5.69 Å². The fraction of sp³-hybridized carbons (Fsp3) is 0.538. The van der Waals surface area contributed by atoms with Gasteiger partial charge in [-0.25, -0.2) is 9.78 Å². The first-order valence-corrected chi connectivity index (χ1v) is 6.47. The van der Waals surface area contributed by atoms with Crippen molar-refractivity contribution in [1.29, 1.82) is 0 Å². The lowest BCUT2D eigenvalue weighted by Gasteiger charge is -2.18. The third-order valence-corrected chi connectivity index (χ3v) is 3.43. The monoisotopic (exact) mass is 265 g/mol. The maximum atomic E-state index is 10.9. The summed E-state index contributed by atoms with van der Waals surface area (Å²) in [7, 11) is 0. The van der Waals surface area contributed by atoms with Crippen LogP contribution >= 0.6 is 0 Å². The van der Waals surface area contributed by atoms with Gasteiger partial charge >= 0.3 is 5.97 Å². The Morgan fingerprint density at radius 3 is 3.11 bits per heavy atom. The van der Waals surface area contributed by atoms with Gasteiger partial charge in [0, 0.05) is 19.1 Å². The Balaban J connectivity index is 2.02. The third-order valence-electron chi connectivity index (χ3n) is 3.43. The summed E-state index contributed by atoms with van der Waals surface area (Å²) in [5, 5.41) is 12.0. The van der Waals surface area contributed by atoms with Crippen LogP contribution in [0.5, 0.6) is 0 Å². The van der Waals surface area contributed by atoms with Gasteiger partial charge in [-0.2, -0.15) is 0 Å². The Kier molecular flexibility index (Phi) is 4.21. The first-order valence-electron chi connectivity index (χ1n) is 6.47. The molecule has 1 fully saturated rings. The number of aromatic carboxylic acids is 1. The van der Waals surface area contributed by atoms with Crippen molar-refractivity contribution in [2.75, 3.05) is 24.2 Å². The zero-order valence-corrected chi connectivity index (χ0v) is 10.9. The number of aromatic nitrogens is 1. The van der Waals surface area contributed by atoms with Crippen LogP contribution in [-0.4, -0.2) is 35.3 Å². The first kappa shape index (κ1) is 13.6. The number of carboxylic acids is 1. The lowest BCUT2D eigenvalue weighted by atomic mass is 10.00. The van der Waals surface area contributed by atoms with E-state index in [1.807, 2.05) is 0 Å².